The largest absolute Gasteiger partial charge is 0.473 e. The van der Waals surface area contributed by atoms with Crippen LogP contribution >= 0.6 is 0 Å². The molecule has 2 atom stereocenters. The summed E-state index contributed by atoms with van der Waals surface area (Å²) in [5.74, 6) is 1.24. The Hall–Kier alpha value is -1.69. The highest BCUT2D eigenvalue weighted by Crippen LogP contribution is 2.23. The molecule has 0 radical (unpaired) electrons. The van der Waals surface area contributed by atoms with Crippen molar-refractivity contribution in [1.82, 2.24) is 19.6 Å². The van der Waals surface area contributed by atoms with Crippen molar-refractivity contribution in [2.24, 2.45) is 5.73 Å². The van der Waals surface area contributed by atoms with Crippen molar-refractivity contribution in [3.8, 4) is 5.88 Å². The molecule has 6 heteroatoms. The molecule has 6 nitrogen and oxygen atoms in total. The minimum Gasteiger partial charge on any atom is -0.473 e. The summed E-state index contributed by atoms with van der Waals surface area (Å²) in [5.41, 5.74) is 6.97. The van der Waals surface area contributed by atoms with Crippen molar-refractivity contribution in [3.05, 3.63) is 18.1 Å². The third-order valence-electron chi connectivity index (χ3n) is 3.37. The summed E-state index contributed by atoms with van der Waals surface area (Å²) in [7, 11) is 0. The zero-order chi connectivity index (χ0) is 12.5. The second kappa shape index (κ2) is 4.53. The van der Waals surface area contributed by atoms with E-state index >= 15 is 0 Å². The van der Waals surface area contributed by atoms with E-state index in [-0.39, 0.29) is 12.1 Å². The average Bonchev–Trinajstić information content (AvgIpc) is 2.80. The van der Waals surface area contributed by atoms with E-state index < -0.39 is 0 Å². The smallest absolute Gasteiger partial charge is 0.255 e. The van der Waals surface area contributed by atoms with Gasteiger partial charge in [0.1, 0.15) is 12.4 Å². The van der Waals surface area contributed by atoms with Gasteiger partial charge in [0.15, 0.2) is 0 Å². The lowest BCUT2D eigenvalue weighted by Gasteiger charge is -2.28. The lowest BCUT2D eigenvalue weighted by atomic mass is 9.93. The van der Waals surface area contributed by atoms with Gasteiger partial charge in [-0.1, -0.05) is 6.42 Å². The molecule has 2 aromatic rings. The predicted octanol–water partition coefficient (Wildman–Crippen LogP) is 1.08. The van der Waals surface area contributed by atoms with E-state index in [9.17, 15) is 0 Å². The lowest BCUT2D eigenvalue weighted by molar-refractivity contribution is 0.123. The van der Waals surface area contributed by atoms with Crippen molar-refractivity contribution in [1.29, 1.82) is 0 Å². The van der Waals surface area contributed by atoms with Gasteiger partial charge in [-0.15, -0.1) is 0 Å². The van der Waals surface area contributed by atoms with E-state index in [4.69, 9.17) is 10.5 Å². The Morgan fingerprint density at radius 3 is 3.06 bits per heavy atom. The summed E-state index contributed by atoms with van der Waals surface area (Å²) in [5, 5.41) is 4.13. The molecule has 18 heavy (non-hydrogen) atoms. The van der Waals surface area contributed by atoms with Crippen LogP contribution in [-0.2, 0) is 0 Å². The summed E-state index contributed by atoms with van der Waals surface area (Å²) >= 11 is 0. The number of nitrogens with zero attached hydrogens (tertiary/aromatic N) is 4. The van der Waals surface area contributed by atoms with Crippen LogP contribution in [0.5, 0.6) is 5.88 Å². The van der Waals surface area contributed by atoms with Crippen LogP contribution in [0.4, 0.5) is 0 Å². The van der Waals surface area contributed by atoms with Crippen molar-refractivity contribution in [3.63, 3.8) is 0 Å². The van der Waals surface area contributed by atoms with Gasteiger partial charge in [-0.2, -0.15) is 14.6 Å². The maximum atomic E-state index is 6.10. The molecule has 0 aliphatic heterocycles. The molecule has 0 amide bonds. The minimum atomic E-state index is 0.0629. The molecule has 0 saturated heterocycles. The average molecular weight is 247 g/mol. The van der Waals surface area contributed by atoms with Gasteiger partial charge in [-0.05, 0) is 26.2 Å². The first-order chi connectivity index (χ1) is 8.74. The summed E-state index contributed by atoms with van der Waals surface area (Å²) < 4.78 is 7.63. The monoisotopic (exact) mass is 247 g/mol. The second-order valence-electron chi connectivity index (χ2n) is 4.81. The normalized spacial score (nSPS) is 24.3. The summed E-state index contributed by atoms with van der Waals surface area (Å²) in [4.78, 5) is 8.37. The molecule has 0 bridgehead atoms. The number of fused-ring (bicyclic) bond motifs is 1. The Morgan fingerprint density at radius 1 is 1.39 bits per heavy atom. The Labute approximate surface area is 105 Å². The first kappa shape index (κ1) is 11.4. The summed E-state index contributed by atoms with van der Waals surface area (Å²) in [6, 6.07) is 1.98. The van der Waals surface area contributed by atoms with Gasteiger partial charge in [0.25, 0.3) is 5.78 Å². The topological polar surface area (TPSA) is 78.3 Å². The van der Waals surface area contributed by atoms with E-state index in [1.807, 2.05) is 13.0 Å². The van der Waals surface area contributed by atoms with E-state index in [2.05, 4.69) is 15.1 Å². The zero-order valence-electron chi connectivity index (χ0n) is 10.4. The van der Waals surface area contributed by atoms with Gasteiger partial charge >= 0.3 is 0 Å². The molecule has 96 valence electrons. The molecular formula is C12H17N5O. The van der Waals surface area contributed by atoms with Crippen molar-refractivity contribution >= 4 is 5.78 Å². The van der Waals surface area contributed by atoms with Crippen LogP contribution in [0, 0.1) is 6.92 Å². The first-order valence-corrected chi connectivity index (χ1v) is 6.33. The van der Waals surface area contributed by atoms with Crippen LogP contribution in [0.15, 0.2) is 12.4 Å². The molecule has 3 rings (SSSR count). The number of aromatic nitrogens is 4. The van der Waals surface area contributed by atoms with Crippen LogP contribution in [0.2, 0.25) is 0 Å². The fourth-order valence-electron chi connectivity index (χ4n) is 2.41. The highest BCUT2D eigenvalue weighted by Gasteiger charge is 2.24. The molecular weight excluding hydrogens is 230 g/mol. The van der Waals surface area contributed by atoms with Gasteiger partial charge in [0.05, 0.1) is 0 Å². The van der Waals surface area contributed by atoms with Gasteiger partial charge in [-0.25, -0.2) is 4.98 Å². The quantitative estimate of drug-likeness (QED) is 0.859. The van der Waals surface area contributed by atoms with Crippen LogP contribution in [0.1, 0.15) is 31.4 Å². The van der Waals surface area contributed by atoms with Crippen LogP contribution < -0.4 is 10.5 Å². The fraction of sp³-hybridized carbons (Fsp3) is 0.583. The number of rotatable bonds is 2. The molecule has 2 aromatic heterocycles. The zero-order valence-corrected chi connectivity index (χ0v) is 10.4. The second-order valence-corrected chi connectivity index (χ2v) is 4.81. The van der Waals surface area contributed by atoms with Gasteiger partial charge in [0.2, 0.25) is 5.88 Å². The highest BCUT2D eigenvalue weighted by molar-refractivity contribution is 5.32. The summed E-state index contributed by atoms with van der Waals surface area (Å²) in [6.45, 7) is 1.92. The van der Waals surface area contributed by atoms with E-state index in [1.54, 1.807) is 4.52 Å². The highest BCUT2D eigenvalue weighted by atomic mass is 16.5. The Bertz CT molecular complexity index is 552. The first-order valence-electron chi connectivity index (χ1n) is 6.33. The Balaban J connectivity index is 1.91. The van der Waals surface area contributed by atoms with Crippen molar-refractivity contribution < 1.29 is 4.74 Å². The maximum Gasteiger partial charge on any atom is 0.255 e. The molecule has 1 aliphatic rings. The number of hydrogen-bond donors (Lipinski definition) is 1. The van der Waals surface area contributed by atoms with Crippen LogP contribution in [0.25, 0.3) is 5.78 Å². The van der Waals surface area contributed by atoms with E-state index in [1.165, 1.54) is 19.2 Å². The van der Waals surface area contributed by atoms with Gasteiger partial charge < -0.3 is 10.5 Å². The molecule has 2 N–H and O–H groups in total. The van der Waals surface area contributed by atoms with Gasteiger partial charge in [0, 0.05) is 17.8 Å². The fourth-order valence-corrected chi connectivity index (χ4v) is 2.41. The van der Waals surface area contributed by atoms with Crippen LogP contribution in [-0.4, -0.2) is 31.7 Å². The maximum absolute atomic E-state index is 6.10. The Morgan fingerprint density at radius 2 is 2.22 bits per heavy atom. The molecule has 2 unspecified atom stereocenters. The molecule has 0 spiro atoms. The standard InChI is InChI=1S/C12H17N5O/c1-8-6-11(17-12(16-8)14-7-15-17)18-10-5-3-2-4-9(10)13/h6-7,9-10H,2-5,13H2,1H3. The SMILES string of the molecule is Cc1cc(OC2CCCCC2N)n2ncnc2n1. The predicted molar refractivity (Wildman–Crippen MR) is 66.4 cm³/mol. The number of aryl methyl sites for hydroxylation is 1. The number of hydrogen-bond acceptors (Lipinski definition) is 5. The third-order valence-corrected chi connectivity index (χ3v) is 3.37. The van der Waals surface area contributed by atoms with Crippen LogP contribution in [0.3, 0.4) is 0 Å². The van der Waals surface area contributed by atoms with E-state index in [0.29, 0.717) is 11.7 Å². The minimum absolute atomic E-state index is 0.0629. The van der Waals surface area contributed by atoms with Crippen molar-refractivity contribution in [2.75, 3.05) is 0 Å². The van der Waals surface area contributed by atoms with E-state index in [0.717, 1.165) is 18.5 Å². The number of ether oxygens (including phenoxy) is 1. The molecule has 1 saturated carbocycles. The van der Waals surface area contributed by atoms with Gasteiger partial charge in [-0.3, -0.25) is 0 Å². The molecule has 1 fully saturated rings. The summed E-state index contributed by atoms with van der Waals surface area (Å²) in [6.07, 6.45) is 5.93. The molecule has 2 heterocycles. The molecule has 1 aliphatic carbocycles. The molecule has 0 aromatic carbocycles. The third kappa shape index (κ3) is 2.03. The number of nitrogens with two attached hydrogens (primary N) is 1. The Kier molecular flexibility index (Phi) is 2.87. The van der Waals surface area contributed by atoms with Crippen molar-refractivity contribution in [2.45, 2.75) is 44.8 Å². The lowest BCUT2D eigenvalue weighted by Crippen LogP contribution is -2.41.